The van der Waals surface area contributed by atoms with Crippen LogP contribution in [0.1, 0.15) is 23.1 Å². The van der Waals surface area contributed by atoms with Crippen molar-refractivity contribution in [1.82, 2.24) is 13.9 Å². The van der Waals surface area contributed by atoms with Crippen molar-refractivity contribution in [2.75, 3.05) is 26.3 Å². The summed E-state index contributed by atoms with van der Waals surface area (Å²) in [6, 6.07) is 10.2. The molecular formula is C22H23F2N3O6S. The number of benzene rings is 2. The molecule has 1 aliphatic heterocycles. The Balaban J connectivity index is 1.57. The standard InChI is InChI=1S/C22H23F2N3O6S/c1-2-27-18-8-7-15(34(29,30)26-9-11-31-12-10-26)13-17(18)25-20(27)14-32-21(28)16-5-3-4-6-19(16)33-22(23)24/h3-8,13,22H,2,9-12,14H2,1H3. The molecule has 0 N–H and O–H groups in total. The van der Waals surface area contributed by atoms with E-state index in [2.05, 4.69) is 9.72 Å². The number of morpholine rings is 1. The molecule has 0 unspecified atom stereocenters. The monoisotopic (exact) mass is 495 g/mol. The van der Waals surface area contributed by atoms with Crippen LogP contribution in [-0.4, -0.2) is 61.2 Å². The molecule has 0 aliphatic carbocycles. The Labute approximate surface area is 194 Å². The van der Waals surface area contributed by atoms with Crippen molar-refractivity contribution in [2.24, 2.45) is 0 Å². The number of carbonyl (C=O) groups excluding carboxylic acids is 1. The molecule has 0 amide bonds. The quantitative estimate of drug-likeness (QED) is 0.443. The van der Waals surface area contributed by atoms with Crippen molar-refractivity contribution in [2.45, 2.75) is 31.6 Å². The number of alkyl halides is 2. The first-order valence-corrected chi connectivity index (χ1v) is 12.0. The van der Waals surface area contributed by atoms with Gasteiger partial charge in [0.05, 0.1) is 29.1 Å². The number of esters is 1. The lowest BCUT2D eigenvalue weighted by Crippen LogP contribution is -2.40. The minimum atomic E-state index is -3.70. The first-order chi connectivity index (χ1) is 16.3. The molecule has 9 nitrogen and oxygen atoms in total. The van der Waals surface area contributed by atoms with Crippen molar-refractivity contribution in [3.8, 4) is 5.75 Å². The molecule has 1 aliphatic rings. The van der Waals surface area contributed by atoms with E-state index >= 15 is 0 Å². The number of hydrogen-bond donors (Lipinski definition) is 0. The molecule has 2 heterocycles. The minimum absolute atomic E-state index is 0.115. The van der Waals surface area contributed by atoms with Crippen LogP contribution in [0.5, 0.6) is 5.75 Å². The molecule has 12 heteroatoms. The Bertz CT molecular complexity index is 1290. The summed E-state index contributed by atoms with van der Waals surface area (Å²) in [6.45, 7) is 0.279. The molecule has 1 fully saturated rings. The van der Waals surface area contributed by atoms with Crippen LogP contribution in [0.25, 0.3) is 11.0 Å². The SMILES string of the molecule is CCn1c(COC(=O)c2ccccc2OC(F)F)nc2cc(S(=O)(=O)N3CCOCC3)ccc21. The van der Waals surface area contributed by atoms with E-state index in [1.807, 2.05) is 6.92 Å². The van der Waals surface area contributed by atoms with Gasteiger partial charge >= 0.3 is 12.6 Å². The maximum Gasteiger partial charge on any atom is 0.387 e. The maximum absolute atomic E-state index is 13.0. The highest BCUT2D eigenvalue weighted by atomic mass is 32.2. The molecule has 34 heavy (non-hydrogen) atoms. The van der Waals surface area contributed by atoms with Crippen molar-refractivity contribution < 1.29 is 36.2 Å². The first-order valence-electron chi connectivity index (χ1n) is 10.6. The van der Waals surface area contributed by atoms with E-state index in [4.69, 9.17) is 9.47 Å². The summed E-state index contributed by atoms with van der Waals surface area (Å²) in [5.41, 5.74) is 0.973. The molecule has 182 valence electrons. The summed E-state index contributed by atoms with van der Waals surface area (Å²) >= 11 is 0. The van der Waals surface area contributed by atoms with E-state index in [0.717, 1.165) is 0 Å². The number of sulfonamides is 1. The van der Waals surface area contributed by atoms with Gasteiger partial charge < -0.3 is 18.8 Å². The van der Waals surface area contributed by atoms with Gasteiger partial charge in [-0.3, -0.25) is 0 Å². The molecule has 4 rings (SSSR count). The van der Waals surface area contributed by atoms with E-state index < -0.39 is 22.6 Å². The minimum Gasteiger partial charge on any atom is -0.454 e. The highest BCUT2D eigenvalue weighted by Crippen LogP contribution is 2.25. The summed E-state index contributed by atoms with van der Waals surface area (Å²) in [4.78, 5) is 17.1. The third kappa shape index (κ3) is 4.88. The van der Waals surface area contributed by atoms with Gasteiger partial charge in [0.15, 0.2) is 0 Å². The van der Waals surface area contributed by atoms with Crippen LogP contribution >= 0.6 is 0 Å². The third-order valence-corrected chi connectivity index (χ3v) is 7.27. The summed E-state index contributed by atoms with van der Waals surface area (Å²) in [6.07, 6.45) is 0. The van der Waals surface area contributed by atoms with Crippen molar-refractivity contribution >= 4 is 27.0 Å². The van der Waals surface area contributed by atoms with Crippen LogP contribution in [0, 0.1) is 0 Å². The Morgan fingerprint density at radius 3 is 2.62 bits per heavy atom. The van der Waals surface area contributed by atoms with Crippen LogP contribution in [-0.2, 0) is 32.6 Å². The van der Waals surface area contributed by atoms with E-state index in [-0.39, 0.29) is 35.9 Å². The summed E-state index contributed by atoms with van der Waals surface area (Å²) in [5, 5.41) is 0. The zero-order valence-electron chi connectivity index (χ0n) is 18.3. The third-order valence-electron chi connectivity index (χ3n) is 5.38. The summed E-state index contributed by atoms with van der Waals surface area (Å²) in [5.74, 6) is -0.745. The fourth-order valence-corrected chi connectivity index (χ4v) is 5.19. The highest BCUT2D eigenvalue weighted by molar-refractivity contribution is 7.89. The summed E-state index contributed by atoms with van der Waals surface area (Å²) in [7, 11) is -3.70. The van der Waals surface area contributed by atoms with Gasteiger partial charge in [-0.05, 0) is 37.3 Å². The van der Waals surface area contributed by atoms with Crippen LogP contribution in [0.3, 0.4) is 0 Å². The smallest absolute Gasteiger partial charge is 0.387 e. The topological polar surface area (TPSA) is 100.0 Å². The van der Waals surface area contributed by atoms with E-state index in [1.54, 1.807) is 10.6 Å². The number of imidazole rings is 1. The van der Waals surface area contributed by atoms with Gasteiger partial charge in [-0.2, -0.15) is 13.1 Å². The second-order valence-corrected chi connectivity index (χ2v) is 9.33. The van der Waals surface area contributed by atoms with Crippen molar-refractivity contribution in [1.29, 1.82) is 0 Å². The Hall–Kier alpha value is -3.09. The average molecular weight is 496 g/mol. The predicted octanol–water partition coefficient (Wildman–Crippen LogP) is 3.04. The fourth-order valence-electron chi connectivity index (χ4n) is 3.76. The number of carbonyl (C=O) groups is 1. The van der Waals surface area contributed by atoms with Gasteiger partial charge in [0, 0.05) is 19.6 Å². The number of hydrogen-bond acceptors (Lipinski definition) is 7. The number of ether oxygens (including phenoxy) is 3. The normalized spacial score (nSPS) is 15.1. The highest BCUT2D eigenvalue weighted by Gasteiger charge is 2.27. The fraction of sp³-hybridized carbons (Fsp3) is 0.364. The van der Waals surface area contributed by atoms with Gasteiger partial charge in [0.2, 0.25) is 10.0 Å². The van der Waals surface area contributed by atoms with Gasteiger partial charge in [0.1, 0.15) is 23.7 Å². The van der Waals surface area contributed by atoms with Crippen LogP contribution in [0.15, 0.2) is 47.4 Å². The molecule has 1 aromatic heterocycles. The molecular weight excluding hydrogens is 472 g/mol. The number of fused-ring (bicyclic) bond motifs is 1. The van der Waals surface area contributed by atoms with Crippen LogP contribution in [0.2, 0.25) is 0 Å². The zero-order valence-corrected chi connectivity index (χ0v) is 19.1. The Morgan fingerprint density at radius 1 is 1.18 bits per heavy atom. The lowest BCUT2D eigenvalue weighted by Gasteiger charge is -2.26. The van der Waals surface area contributed by atoms with Gasteiger partial charge in [0.25, 0.3) is 0 Å². The van der Waals surface area contributed by atoms with E-state index in [0.29, 0.717) is 36.6 Å². The number of para-hydroxylation sites is 1. The van der Waals surface area contributed by atoms with Gasteiger partial charge in [-0.15, -0.1) is 0 Å². The predicted molar refractivity (Wildman–Crippen MR) is 117 cm³/mol. The molecule has 0 bridgehead atoms. The number of aryl methyl sites for hydroxylation is 1. The van der Waals surface area contributed by atoms with E-state index in [9.17, 15) is 22.0 Å². The van der Waals surface area contributed by atoms with Crippen molar-refractivity contribution in [3.05, 3.63) is 53.9 Å². The van der Waals surface area contributed by atoms with Gasteiger partial charge in [-0.1, -0.05) is 12.1 Å². The average Bonchev–Trinajstić information content (AvgIpc) is 3.19. The molecule has 2 aromatic carbocycles. The van der Waals surface area contributed by atoms with E-state index in [1.165, 1.54) is 40.7 Å². The van der Waals surface area contributed by atoms with Gasteiger partial charge in [-0.25, -0.2) is 18.2 Å². The second kappa shape index (κ2) is 10.0. The molecule has 0 saturated carbocycles. The number of nitrogens with zero attached hydrogens (tertiary/aromatic N) is 3. The number of rotatable bonds is 8. The first kappa shape index (κ1) is 24.0. The molecule has 0 spiro atoms. The number of aromatic nitrogens is 2. The number of halogens is 2. The molecule has 0 radical (unpaired) electrons. The summed E-state index contributed by atoms with van der Waals surface area (Å²) < 4.78 is 69.3. The molecule has 1 saturated heterocycles. The largest absolute Gasteiger partial charge is 0.454 e. The lowest BCUT2D eigenvalue weighted by atomic mass is 10.2. The Morgan fingerprint density at radius 2 is 1.91 bits per heavy atom. The maximum atomic E-state index is 13.0. The molecule has 3 aromatic rings. The molecule has 0 atom stereocenters. The van der Waals surface area contributed by atoms with Crippen LogP contribution < -0.4 is 4.74 Å². The Kier molecular flexibility index (Phi) is 7.10. The van der Waals surface area contributed by atoms with Crippen LogP contribution in [0.4, 0.5) is 8.78 Å². The lowest BCUT2D eigenvalue weighted by molar-refractivity contribution is -0.0505. The zero-order chi connectivity index (χ0) is 24.3. The second-order valence-electron chi connectivity index (χ2n) is 7.39. The van der Waals surface area contributed by atoms with Crippen molar-refractivity contribution in [3.63, 3.8) is 0 Å².